The molecule has 0 aromatic carbocycles. The lowest BCUT2D eigenvalue weighted by atomic mass is 9.74. The topological polar surface area (TPSA) is 115 Å². The van der Waals surface area contributed by atoms with Crippen molar-refractivity contribution in [2.24, 2.45) is 0 Å². The van der Waals surface area contributed by atoms with E-state index in [-0.39, 0.29) is 41.8 Å². The van der Waals surface area contributed by atoms with Gasteiger partial charge in [-0.1, -0.05) is 0 Å². The van der Waals surface area contributed by atoms with Crippen molar-refractivity contribution < 1.29 is 18.6 Å². The molecule has 40 heavy (non-hydrogen) atoms. The van der Waals surface area contributed by atoms with Crippen LogP contribution in [0.1, 0.15) is 61.5 Å². The van der Waals surface area contributed by atoms with Crippen molar-refractivity contribution in [3.8, 4) is 12.1 Å². The van der Waals surface area contributed by atoms with Crippen molar-refractivity contribution in [1.29, 1.82) is 5.26 Å². The van der Waals surface area contributed by atoms with E-state index in [9.17, 15) is 14.8 Å². The third-order valence-electron chi connectivity index (χ3n) is 9.77. The van der Waals surface area contributed by atoms with Crippen molar-refractivity contribution >= 4 is 28.0 Å². The van der Waals surface area contributed by atoms with Crippen molar-refractivity contribution in [2.75, 3.05) is 61.4 Å². The zero-order chi connectivity index (χ0) is 27.9. The highest BCUT2D eigenvalue weighted by Crippen LogP contribution is 2.53. The number of nitriles is 1. The zero-order valence-corrected chi connectivity index (χ0v) is 23.6. The highest BCUT2D eigenvalue weighted by molar-refractivity contribution is 7.16. The van der Waals surface area contributed by atoms with E-state index in [4.69, 9.17) is 10.5 Å². The molecule has 0 amide bonds. The Kier molecular flexibility index (Phi) is 5.97. The lowest BCUT2D eigenvalue weighted by Crippen LogP contribution is -2.59. The maximum absolute atomic E-state index is 16.2. The van der Waals surface area contributed by atoms with Gasteiger partial charge in [0, 0.05) is 49.4 Å². The first kappa shape index (κ1) is 26.2. The lowest BCUT2D eigenvalue weighted by Gasteiger charge is -2.49. The molecule has 214 valence electrons. The molecular weight excluding hydrogens is 536 g/mol. The van der Waals surface area contributed by atoms with E-state index in [1.165, 1.54) is 11.3 Å². The summed E-state index contributed by atoms with van der Waals surface area (Å²) in [6.45, 7) is 5.15. The summed E-state index contributed by atoms with van der Waals surface area (Å²) in [7, 11) is 0. The molecule has 5 aliphatic rings. The van der Waals surface area contributed by atoms with E-state index in [0.29, 0.717) is 56.0 Å². The summed E-state index contributed by atoms with van der Waals surface area (Å²) >= 11 is 1.48. The van der Waals surface area contributed by atoms with Crippen molar-refractivity contribution in [3.05, 3.63) is 21.8 Å². The van der Waals surface area contributed by atoms with Gasteiger partial charge in [0.1, 0.15) is 23.8 Å². The van der Waals surface area contributed by atoms with Gasteiger partial charge in [-0.2, -0.15) is 19.6 Å². The smallest absolute Gasteiger partial charge is 0.320 e. The SMILES string of the molecule is C[C@@]1(O)CCCN(c2nc(OC[C@@]34CCCN3C[C@H](F)C4)nc(N3CC4(CCc5sc(N)c(C#N)c54)C3)c2F)C1. The molecule has 3 atom stereocenters. The number of anilines is 3. The fourth-order valence-corrected chi connectivity index (χ4v) is 9.05. The number of nitrogens with zero attached hydrogens (tertiary/aromatic N) is 6. The summed E-state index contributed by atoms with van der Waals surface area (Å²) < 4.78 is 36.7. The Labute approximate surface area is 236 Å². The largest absolute Gasteiger partial charge is 0.461 e. The average Bonchev–Trinajstić information content (AvgIpc) is 3.60. The van der Waals surface area contributed by atoms with Crippen LogP contribution < -0.4 is 20.3 Å². The van der Waals surface area contributed by atoms with Gasteiger partial charge >= 0.3 is 6.01 Å². The zero-order valence-electron chi connectivity index (χ0n) is 22.8. The molecule has 2 aromatic rings. The van der Waals surface area contributed by atoms with Crippen LogP contribution in [0.2, 0.25) is 0 Å². The van der Waals surface area contributed by atoms with Crippen LogP contribution >= 0.6 is 11.3 Å². The number of rotatable bonds is 5. The average molecular weight is 572 g/mol. The number of nitrogens with two attached hydrogens (primary N) is 1. The molecule has 4 aliphatic heterocycles. The number of thiophene rings is 1. The van der Waals surface area contributed by atoms with Crippen LogP contribution in [0.3, 0.4) is 0 Å². The van der Waals surface area contributed by atoms with E-state index in [1.54, 1.807) is 11.8 Å². The molecule has 0 saturated carbocycles. The van der Waals surface area contributed by atoms with Gasteiger partial charge in [-0.25, -0.2) is 4.39 Å². The molecule has 7 rings (SSSR count). The van der Waals surface area contributed by atoms with Crippen molar-refractivity contribution in [1.82, 2.24) is 14.9 Å². The molecule has 3 N–H and O–H groups in total. The van der Waals surface area contributed by atoms with Crippen molar-refractivity contribution in [2.45, 2.75) is 74.6 Å². The molecule has 1 spiro atoms. The molecule has 2 aromatic heterocycles. The van der Waals surface area contributed by atoms with Crippen molar-refractivity contribution in [3.63, 3.8) is 0 Å². The minimum absolute atomic E-state index is 0.0747. The van der Waals surface area contributed by atoms with E-state index >= 15 is 4.39 Å². The first-order valence-electron chi connectivity index (χ1n) is 14.3. The molecule has 6 heterocycles. The highest BCUT2D eigenvalue weighted by atomic mass is 32.1. The van der Waals surface area contributed by atoms with Crippen LogP contribution in [0.5, 0.6) is 6.01 Å². The van der Waals surface area contributed by atoms with E-state index < -0.39 is 17.6 Å². The molecular formula is C28H35F2N7O2S. The third-order valence-corrected chi connectivity index (χ3v) is 10.8. The Bertz CT molecular complexity index is 1390. The maximum atomic E-state index is 16.2. The van der Waals surface area contributed by atoms with Gasteiger partial charge in [0.05, 0.1) is 16.7 Å². The number of aliphatic hydroxyl groups is 1. The number of nitrogen functional groups attached to an aromatic ring is 1. The summed E-state index contributed by atoms with van der Waals surface area (Å²) in [5.74, 6) is -0.239. The number of hydrogen-bond acceptors (Lipinski definition) is 10. The second-order valence-electron chi connectivity index (χ2n) is 12.7. The Morgan fingerprint density at radius 1 is 1.15 bits per heavy atom. The summed E-state index contributed by atoms with van der Waals surface area (Å²) in [5.41, 5.74) is 6.15. The molecule has 4 saturated heterocycles. The summed E-state index contributed by atoms with van der Waals surface area (Å²) in [4.78, 5) is 16.1. The fraction of sp³-hybridized carbons (Fsp3) is 0.679. The number of fused-ring (bicyclic) bond motifs is 3. The number of aromatic nitrogens is 2. The quantitative estimate of drug-likeness (QED) is 0.559. The minimum atomic E-state index is -0.951. The first-order valence-corrected chi connectivity index (χ1v) is 15.1. The monoisotopic (exact) mass is 571 g/mol. The van der Waals surface area contributed by atoms with Gasteiger partial charge in [-0.05, 0) is 57.6 Å². The number of alkyl halides is 1. The Morgan fingerprint density at radius 3 is 2.65 bits per heavy atom. The number of hydrogen-bond donors (Lipinski definition) is 2. The van der Waals surface area contributed by atoms with E-state index in [0.717, 1.165) is 42.7 Å². The van der Waals surface area contributed by atoms with Crippen LogP contribution in [0, 0.1) is 17.1 Å². The third kappa shape index (κ3) is 4.03. The molecule has 0 radical (unpaired) electrons. The fourth-order valence-electron chi connectivity index (χ4n) is 7.91. The predicted octanol–water partition coefficient (Wildman–Crippen LogP) is 3.14. The van der Waals surface area contributed by atoms with Gasteiger partial charge in [0.25, 0.3) is 0 Å². The van der Waals surface area contributed by atoms with E-state index in [1.807, 2.05) is 4.90 Å². The minimum Gasteiger partial charge on any atom is -0.461 e. The second kappa shape index (κ2) is 9.13. The van der Waals surface area contributed by atoms with Gasteiger partial charge < -0.3 is 25.4 Å². The molecule has 1 aliphatic carbocycles. The normalized spacial score (nSPS) is 30.8. The van der Waals surface area contributed by atoms with Crippen LogP contribution in [0.25, 0.3) is 0 Å². The molecule has 4 fully saturated rings. The first-order chi connectivity index (χ1) is 19.1. The van der Waals surface area contributed by atoms with Crippen LogP contribution in [-0.4, -0.2) is 83.2 Å². The number of aryl methyl sites for hydroxylation is 1. The second-order valence-corrected chi connectivity index (χ2v) is 13.9. The number of piperidine rings is 1. The number of halogens is 2. The maximum Gasteiger partial charge on any atom is 0.320 e. The Morgan fingerprint density at radius 2 is 1.90 bits per heavy atom. The number of β-amino-alcohol motifs (C(OH)–C–C–N with tert-alkyl or cyclic N) is 1. The standard InChI is InChI=1S/C28H35F2N7O2S/c1-26(38)5-2-8-35(13-26)23-21(30)24(34-25(33-23)39-16-28-6-3-9-37(28)12-17(29)10-28)36-14-27(15-36)7-4-19-20(27)18(11-31)22(32)40-19/h17,38H,2-10,12-16,32H2,1H3/t17-,26-,28+/m1/s1. The Balaban J connectivity index is 1.20. The van der Waals surface area contributed by atoms with E-state index in [2.05, 4.69) is 20.9 Å². The number of ether oxygens (including phenoxy) is 1. The highest BCUT2D eigenvalue weighted by Gasteiger charge is 2.53. The van der Waals surface area contributed by atoms with Crippen LogP contribution in [-0.2, 0) is 11.8 Å². The van der Waals surface area contributed by atoms with Gasteiger partial charge in [-0.3, -0.25) is 4.90 Å². The molecule has 0 unspecified atom stereocenters. The molecule has 0 bridgehead atoms. The summed E-state index contributed by atoms with van der Waals surface area (Å²) in [6, 6.07) is 2.36. The predicted molar refractivity (Wildman–Crippen MR) is 148 cm³/mol. The van der Waals surface area contributed by atoms with Gasteiger partial charge in [-0.15, -0.1) is 11.3 Å². The molecule has 9 nitrogen and oxygen atoms in total. The Hall–Kier alpha value is -2.75. The summed E-state index contributed by atoms with van der Waals surface area (Å²) in [5, 5.41) is 21.0. The summed E-state index contributed by atoms with van der Waals surface area (Å²) in [6.07, 6.45) is 4.49. The van der Waals surface area contributed by atoms with Crippen LogP contribution in [0.4, 0.5) is 25.4 Å². The molecule has 12 heteroatoms. The van der Waals surface area contributed by atoms with Crippen LogP contribution in [0.15, 0.2) is 0 Å². The van der Waals surface area contributed by atoms with Gasteiger partial charge in [0.2, 0.25) is 5.82 Å². The van der Waals surface area contributed by atoms with Gasteiger partial charge in [0.15, 0.2) is 11.6 Å². The lowest BCUT2D eigenvalue weighted by molar-refractivity contribution is 0.0444.